The molecular formula is C25H23FN4O4. The van der Waals surface area contributed by atoms with E-state index >= 15 is 0 Å². The van der Waals surface area contributed by atoms with E-state index in [2.05, 4.69) is 21.2 Å². The zero-order valence-electron chi connectivity index (χ0n) is 18.6. The lowest BCUT2D eigenvalue weighted by molar-refractivity contribution is -0.136. The number of nitrogens with zero attached hydrogens (tertiary/aromatic N) is 1. The third-order valence-corrected chi connectivity index (χ3v) is 4.68. The van der Waals surface area contributed by atoms with Crippen LogP contribution in [0.2, 0.25) is 0 Å². The van der Waals surface area contributed by atoms with E-state index in [0.717, 1.165) is 22.9 Å². The first-order valence-corrected chi connectivity index (χ1v) is 10.3. The van der Waals surface area contributed by atoms with Gasteiger partial charge in [0.15, 0.2) is 6.61 Å². The second kappa shape index (κ2) is 11.4. The highest BCUT2D eigenvalue weighted by Crippen LogP contribution is 2.19. The second-order valence-electron chi connectivity index (χ2n) is 7.31. The number of rotatable bonds is 7. The molecule has 3 aromatic carbocycles. The summed E-state index contributed by atoms with van der Waals surface area (Å²) in [6.45, 7) is 3.63. The predicted molar refractivity (Wildman–Crippen MR) is 127 cm³/mol. The summed E-state index contributed by atoms with van der Waals surface area (Å²) in [4.78, 5) is 36.0. The van der Waals surface area contributed by atoms with Gasteiger partial charge >= 0.3 is 11.8 Å². The molecule has 0 heterocycles. The molecule has 3 aromatic rings. The standard InChI is InChI=1S/C25H23FN4O4/c1-16-7-5-8-17(2)23(16)29-22(31)15-34-19-10-6-9-18(13-19)14-27-30-25(33)24(32)28-21-12-4-3-11-20(21)26/h3-14H,15H2,1-2H3,(H,28,32)(H,29,31)(H,30,33)/b27-14-. The minimum atomic E-state index is -1.06. The first-order valence-electron chi connectivity index (χ1n) is 10.3. The van der Waals surface area contributed by atoms with E-state index < -0.39 is 17.6 Å². The van der Waals surface area contributed by atoms with Crippen molar-refractivity contribution in [2.75, 3.05) is 17.2 Å². The monoisotopic (exact) mass is 462 g/mol. The summed E-state index contributed by atoms with van der Waals surface area (Å²) < 4.78 is 19.1. The summed E-state index contributed by atoms with van der Waals surface area (Å²) in [5.41, 5.74) is 5.18. The van der Waals surface area contributed by atoms with Crippen molar-refractivity contribution in [1.29, 1.82) is 0 Å². The molecule has 0 saturated carbocycles. The summed E-state index contributed by atoms with van der Waals surface area (Å²) in [7, 11) is 0. The average molecular weight is 462 g/mol. The molecule has 0 fully saturated rings. The smallest absolute Gasteiger partial charge is 0.329 e. The van der Waals surface area contributed by atoms with Crippen LogP contribution in [0, 0.1) is 19.7 Å². The Balaban J connectivity index is 1.51. The van der Waals surface area contributed by atoms with Gasteiger partial charge < -0.3 is 15.4 Å². The fourth-order valence-corrected chi connectivity index (χ4v) is 2.98. The quantitative estimate of drug-likeness (QED) is 0.283. The van der Waals surface area contributed by atoms with E-state index in [9.17, 15) is 18.8 Å². The summed E-state index contributed by atoms with van der Waals surface area (Å²) in [6, 6.07) is 17.9. The minimum Gasteiger partial charge on any atom is -0.484 e. The van der Waals surface area contributed by atoms with Gasteiger partial charge in [0.1, 0.15) is 11.6 Å². The van der Waals surface area contributed by atoms with Gasteiger partial charge in [-0.15, -0.1) is 0 Å². The molecule has 8 nitrogen and oxygen atoms in total. The van der Waals surface area contributed by atoms with Gasteiger partial charge in [0.2, 0.25) is 0 Å². The number of nitrogens with one attached hydrogen (secondary N) is 3. The molecule has 0 bridgehead atoms. The largest absolute Gasteiger partial charge is 0.484 e. The van der Waals surface area contributed by atoms with Crippen molar-refractivity contribution in [1.82, 2.24) is 5.43 Å². The zero-order chi connectivity index (χ0) is 24.5. The molecule has 3 rings (SSSR count). The number of hydrogen-bond donors (Lipinski definition) is 3. The van der Waals surface area contributed by atoms with E-state index in [4.69, 9.17) is 4.74 Å². The number of para-hydroxylation sites is 2. The van der Waals surface area contributed by atoms with E-state index in [1.807, 2.05) is 32.0 Å². The fourth-order valence-electron chi connectivity index (χ4n) is 2.98. The Labute approximate surface area is 195 Å². The number of anilines is 2. The maximum atomic E-state index is 13.6. The number of amides is 3. The third kappa shape index (κ3) is 6.73. The first-order chi connectivity index (χ1) is 16.3. The van der Waals surface area contributed by atoms with Crippen molar-refractivity contribution in [3.8, 4) is 5.75 Å². The third-order valence-electron chi connectivity index (χ3n) is 4.68. The normalized spacial score (nSPS) is 10.6. The van der Waals surface area contributed by atoms with Crippen LogP contribution in [-0.4, -0.2) is 30.5 Å². The molecule has 0 saturated heterocycles. The Hall–Kier alpha value is -4.53. The van der Waals surface area contributed by atoms with Crippen molar-refractivity contribution >= 4 is 35.3 Å². The van der Waals surface area contributed by atoms with E-state index in [1.54, 1.807) is 24.3 Å². The van der Waals surface area contributed by atoms with Crippen molar-refractivity contribution < 1.29 is 23.5 Å². The Morgan fingerprint density at radius 2 is 1.62 bits per heavy atom. The molecule has 0 aromatic heterocycles. The highest BCUT2D eigenvalue weighted by molar-refractivity contribution is 6.39. The maximum Gasteiger partial charge on any atom is 0.329 e. The van der Waals surface area contributed by atoms with Crippen LogP contribution in [0.25, 0.3) is 0 Å². The van der Waals surface area contributed by atoms with Crippen molar-refractivity contribution in [3.05, 3.63) is 89.2 Å². The summed E-state index contributed by atoms with van der Waals surface area (Å²) in [6.07, 6.45) is 1.30. The van der Waals surface area contributed by atoms with Crippen LogP contribution in [0.5, 0.6) is 5.75 Å². The highest BCUT2D eigenvalue weighted by atomic mass is 19.1. The van der Waals surface area contributed by atoms with Crippen LogP contribution in [0.3, 0.4) is 0 Å². The number of hydrogen-bond acceptors (Lipinski definition) is 5. The van der Waals surface area contributed by atoms with Gasteiger partial charge in [-0.2, -0.15) is 5.10 Å². The lowest BCUT2D eigenvalue weighted by Gasteiger charge is -2.12. The van der Waals surface area contributed by atoms with E-state index in [1.165, 1.54) is 24.4 Å². The van der Waals surface area contributed by atoms with Crippen LogP contribution in [0.4, 0.5) is 15.8 Å². The Kier molecular flexibility index (Phi) is 8.07. The molecule has 34 heavy (non-hydrogen) atoms. The molecule has 0 aliphatic rings. The van der Waals surface area contributed by atoms with Gasteiger partial charge in [-0.1, -0.05) is 42.5 Å². The Bertz CT molecular complexity index is 1220. The lowest BCUT2D eigenvalue weighted by atomic mass is 10.1. The van der Waals surface area contributed by atoms with Gasteiger partial charge in [0.05, 0.1) is 11.9 Å². The molecule has 3 amide bonds. The molecule has 0 atom stereocenters. The fraction of sp³-hybridized carbons (Fsp3) is 0.120. The Morgan fingerprint density at radius 3 is 2.35 bits per heavy atom. The van der Waals surface area contributed by atoms with Gasteiger partial charge in [0.25, 0.3) is 5.91 Å². The number of ether oxygens (including phenoxy) is 1. The van der Waals surface area contributed by atoms with Gasteiger partial charge in [-0.05, 0) is 54.8 Å². The number of aryl methyl sites for hydroxylation is 2. The predicted octanol–water partition coefficient (Wildman–Crippen LogP) is 3.55. The SMILES string of the molecule is Cc1cccc(C)c1NC(=O)COc1cccc(/C=N\NC(=O)C(=O)Nc2ccccc2F)c1. The van der Waals surface area contributed by atoms with E-state index in [0.29, 0.717) is 11.3 Å². The number of halogens is 1. The minimum absolute atomic E-state index is 0.113. The van der Waals surface area contributed by atoms with Crippen LogP contribution in [0.15, 0.2) is 71.8 Å². The molecule has 0 aliphatic heterocycles. The molecule has 174 valence electrons. The summed E-state index contributed by atoms with van der Waals surface area (Å²) in [5.74, 6) is -2.66. The number of carbonyl (C=O) groups excluding carboxylic acids is 3. The number of benzene rings is 3. The molecule has 0 spiro atoms. The zero-order valence-corrected chi connectivity index (χ0v) is 18.6. The van der Waals surface area contributed by atoms with Gasteiger partial charge in [-0.3, -0.25) is 14.4 Å². The van der Waals surface area contributed by atoms with Crippen molar-refractivity contribution in [3.63, 3.8) is 0 Å². The van der Waals surface area contributed by atoms with E-state index in [-0.39, 0.29) is 18.2 Å². The highest BCUT2D eigenvalue weighted by Gasteiger charge is 2.14. The molecule has 0 radical (unpaired) electrons. The van der Waals surface area contributed by atoms with Crippen LogP contribution in [0.1, 0.15) is 16.7 Å². The molecule has 9 heteroatoms. The van der Waals surface area contributed by atoms with Crippen LogP contribution < -0.4 is 20.8 Å². The molecule has 0 unspecified atom stereocenters. The van der Waals surface area contributed by atoms with Gasteiger partial charge in [0, 0.05) is 5.69 Å². The molecule has 0 aliphatic carbocycles. The maximum absolute atomic E-state index is 13.6. The number of hydrazone groups is 1. The topological polar surface area (TPSA) is 109 Å². The lowest BCUT2D eigenvalue weighted by Crippen LogP contribution is -2.32. The van der Waals surface area contributed by atoms with Crippen LogP contribution in [-0.2, 0) is 14.4 Å². The Morgan fingerprint density at radius 1 is 0.912 bits per heavy atom. The number of carbonyl (C=O) groups is 3. The van der Waals surface area contributed by atoms with Crippen molar-refractivity contribution in [2.45, 2.75) is 13.8 Å². The summed E-state index contributed by atoms with van der Waals surface area (Å²) in [5, 5.41) is 8.73. The molecule has 3 N–H and O–H groups in total. The van der Waals surface area contributed by atoms with Gasteiger partial charge in [-0.25, -0.2) is 9.82 Å². The molecular weight excluding hydrogens is 439 g/mol. The van der Waals surface area contributed by atoms with Crippen LogP contribution >= 0.6 is 0 Å². The first kappa shape index (κ1) is 24.1. The van der Waals surface area contributed by atoms with Crippen molar-refractivity contribution in [2.24, 2.45) is 5.10 Å². The average Bonchev–Trinajstić information content (AvgIpc) is 2.82. The second-order valence-corrected chi connectivity index (χ2v) is 7.31. The summed E-state index contributed by atoms with van der Waals surface area (Å²) >= 11 is 0.